The Bertz CT molecular complexity index is 331. The molecule has 1 saturated heterocycles. The molecule has 3 heteroatoms. The summed E-state index contributed by atoms with van der Waals surface area (Å²) in [6.07, 6.45) is 4.94. The lowest BCUT2D eigenvalue weighted by molar-refractivity contribution is -0.140. The van der Waals surface area contributed by atoms with Crippen LogP contribution < -0.4 is 5.73 Å². The van der Waals surface area contributed by atoms with Gasteiger partial charge in [-0.05, 0) is 49.4 Å². The second kappa shape index (κ2) is 4.52. The van der Waals surface area contributed by atoms with Gasteiger partial charge in [-0.25, -0.2) is 0 Å². The monoisotopic (exact) mass is 250 g/mol. The molecule has 1 amide bonds. The van der Waals surface area contributed by atoms with Crippen molar-refractivity contribution in [1.29, 1.82) is 0 Å². The fraction of sp³-hybridized carbons (Fsp3) is 0.933. The van der Waals surface area contributed by atoms with Gasteiger partial charge in [-0.1, -0.05) is 13.8 Å². The summed E-state index contributed by atoms with van der Waals surface area (Å²) in [5.74, 6) is 3.02. The first-order valence-electron chi connectivity index (χ1n) is 7.60. The minimum absolute atomic E-state index is 0.140. The van der Waals surface area contributed by atoms with E-state index in [2.05, 4.69) is 18.7 Å². The number of likely N-dealkylation sites (tertiary alicyclic amines) is 1. The second-order valence-electron chi connectivity index (χ2n) is 7.13. The Balaban J connectivity index is 1.71. The highest BCUT2D eigenvalue weighted by atomic mass is 16.2. The standard InChI is InChI=1S/C15H26N2O/c1-9-5-10(2)8-17(7-9)15(18)13-11-3-4-12(6-11)14(13)16/h9-14H,3-8,16H2,1-2H3. The van der Waals surface area contributed by atoms with Gasteiger partial charge in [-0.3, -0.25) is 4.79 Å². The molecule has 3 aliphatic rings. The van der Waals surface area contributed by atoms with Crippen molar-refractivity contribution < 1.29 is 4.79 Å². The average Bonchev–Trinajstić information content (AvgIpc) is 2.87. The number of nitrogens with zero attached hydrogens (tertiary/aromatic N) is 1. The number of nitrogens with two attached hydrogens (primary N) is 1. The minimum atomic E-state index is 0.140. The Hall–Kier alpha value is -0.570. The van der Waals surface area contributed by atoms with E-state index in [1.54, 1.807) is 0 Å². The number of rotatable bonds is 1. The first-order chi connectivity index (χ1) is 8.56. The molecule has 18 heavy (non-hydrogen) atoms. The van der Waals surface area contributed by atoms with Gasteiger partial charge in [-0.15, -0.1) is 0 Å². The van der Waals surface area contributed by atoms with Crippen molar-refractivity contribution >= 4 is 5.91 Å². The van der Waals surface area contributed by atoms with Gasteiger partial charge in [0.25, 0.3) is 0 Å². The van der Waals surface area contributed by atoms with E-state index in [4.69, 9.17) is 5.73 Å². The predicted octanol–water partition coefficient (Wildman–Crippen LogP) is 1.86. The van der Waals surface area contributed by atoms with Crippen molar-refractivity contribution in [2.45, 2.75) is 45.6 Å². The molecular weight excluding hydrogens is 224 g/mol. The Kier molecular flexibility index (Phi) is 3.13. The molecule has 6 unspecified atom stereocenters. The molecule has 0 aromatic heterocycles. The smallest absolute Gasteiger partial charge is 0.227 e. The normalized spacial score (nSPS) is 47.6. The lowest BCUT2D eigenvalue weighted by Gasteiger charge is -2.39. The Morgan fingerprint density at radius 3 is 2.22 bits per heavy atom. The van der Waals surface area contributed by atoms with Crippen LogP contribution in [0.1, 0.15) is 39.5 Å². The molecule has 0 aromatic carbocycles. The second-order valence-corrected chi connectivity index (χ2v) is 7.13. The molecule has 0 radical (unpaired) electrons. The topological polar surface area (TPSA) is 46.3 Å². The van der Waals surface area contributed by atoms with Crippen LogP contribution in [0.4, 0.5) is 0 Å². The zero-order valence-electron chi connectivity index (χ0n) is 11.6. The largest absolute Gasteiger partial charge is 0.342 e. The molecule has 3 rings (SSSR count). The molecule has 2 N–H and O–H groups in total. The van der Waals surface area contributed by atoms with Crippen molar-refractivity contribution in [1.82, 2.24) is 4.90 Å². The van der Waals surface area contributed by atoms with E-state index in [9.17, 15) is 4.79 Å². The molecule has 0 aromatic rings. The van der Waals surface area contributed by atoms with Crippen LogP contribution in [0.15, 0.2) is 0 Å². The maximum atomic E-state index is 12.7. The number of fused-ring (bicyclic) bond motifs is 2. The van der Waals surface area contributed by atoms with Gasteiger partial charge in [0.05, 0.1) is 5.92 Å². The number of piperidine rings is 1. The van der Waals surface area contributed by atoms with Crippen LogP contribution in [0.2, 0.25) is 0 Å². The van der Waals surface area contributed by atoms with Gasteiger partial charge in [0, 0.05) is 19.1 Å². The number of amides is 1. The quantitative estimate of drug-likeness (QED) is 0.772. The van der Waals surface area contributed by atoms with E-state index in [-0.39, 0.29) is 12.0 Å². The van der Waals surface area contributed by atoms with Crippen LogP contribution >= 0.6 is 0 Å². The van der Waals surface area contributed by atoms with Crippen molar-refractivity contribution in [3.8, 4) is 0 Å². The van der Waals surface area contributed by atoms with E-state index in [1.807, 2.05) is 0 Å². The summed E-state index contributed by atoms with van der Waals surface area (Å²) in [5, 5.41) is 0. The minimum Gasteiger partial charge on any atom is -0.342 e. The van der Waals surface area contributed by atoms with E-state index in [0.717, 1.165) is 13.1 Å². The van der Waals surface area contributed by atoms with Crippen molar-refractivity contribution in [3.05, 3.63) is 0 Å². The first-order valence-corrected chi connectivity index (χ1v) is 7.60. The van der Waals surface area contributed by atoms with Crippen LogP contribution in [0.3, 0.4) is 0 Å². The molecule has 6 atom stereocenters. The highest BCUT2D eigenvalue weighted by Crippen LogP contribution is 2.48. The van der Waals surface area contributed by atoms with Crippen LogP contribution in [0.25, 0.3) is 0 Å². The fourth-order valence-electron chi connectivity index (χ4n) is 4.76. The maximum absolute atomic E-state index is 12.7. The maximum Gasteiger partial charge on any atom is 0.227 e. The van der Waals surface area contributed by atoms with E-state index < -0.39 is 0 Å². The summed E-state index contributed by atoms with van der Waals surface area (Å²) >= 11 is 0. The molecule has 3 fully saturated rings. The Labute approximate surface area is 110 Å². The molecule has 0 spiro atoms. The Morgan fingerprint density at radius 2 is 1.67 bits per heavy atom. The van der Waals surface area contributed by atoms with Crippen molar-refractivity contribution in [2.75, 3.05) is 13.1 Å². The van der Waals surface area contributed by atoms with Crippen LogP contribution in [-0.2, 0) is 4.79 Å². The molecule has 2 bridgehead atoms. The van der Waals surface area contributed by atoms with Crippen LogP contribution in [0, 0.1) is 29.6 Å². The summed E-state index contributed by atoms with van der Waals surface area (Å²) in [6, 6.07) is 0.142. The highest BCUT2D eigenvalue weighted by molar-refractivity contribution is 5.80. The lowest BCUT2D eigenvalue weighted by Crippen LogP contribution is -2.51. The van der Waals surface area contributed by atoms with Crippen molar-refractivity contribution in [2.24, 2.45) is 35.3 Å². The van der Waals surface area contributed by atoms with Crippen molar-refractivity contribution in [3.63, 3.8) is 0 Å². The highest BCUT2D eigenvalue weighted by Gasteiger charge is 2.50. The summed E-state index contributed by atoms with van der Waals surface area (Å²) in [4.78, 5) is 14.9. The van der Waals surface area contributed by atoms with Gasteiger partial charge in [0.15, 0.2) is 0 Å². The fourth-order valence-corrected chi connectivity index (χ4v) is 4.76. The Morgan fingerprint density at radius 1 is 1.06 bits per heavy atom. The van der Waals surface area contributed by atoms with E-state index in [0.29, 0.717) is 29.6 Å². The SMILES string of the molecule is CC1CC(C)CN(C(=O)C2C3CCC(C3)C2N)C1. The number of hydrogen-bond acceptors (Lipinski definition) is 2. The van der Waals surface area contributed by atoms with Gasteiger partial charge in [0.1, 0.15) is 0 Å². The summed E-state index contributed by atoms with van der Waals surface area (Å²) in [6.45, 7) is 6.42. The first kappa shape index (κ1) is 12.5. The molecule has 3 nitrogen and oxygen atoms in total. The van der Waals surface area contributed by atoms with E-state index >= 15 is 0 Å². The average molecular weight is 250 g/mol. The molecule has 102 valence electrons. The number of carbonyl (C=O) groups excluding carboxylic acids is 1. The van der Waals surface area contributed by atoms with Gasteiger partial charge in [-0.2, -0.15) is 0 Å². The lowest BCUT2D eigenvalue weighted by atomic mass is 9.82. The molecule has 1 aliphatic heterocycles. The molecule has 2 aliphatic carbocycles. The molecular formula is C15H26N2O. The zero-order chi connectivity index (χ0) is 12.9. The third-order valence-corrected chi connectivity index (χ3v) is 5.45. The van der Waals surface area contributed by atoms with Gasteiger partial charge >= 0.3 is 0 Å². The number of carbonyl (C=O) groups is 1. The summed E-state index contributed by atoms with van der Waals surface area (Å²) < 4.78 is 0. The molecule has 1 heterocycles. The zero-order valence-corrected chi connectivity index (χ0v) is 11.6. The summed E-state index contributed by atoms with van der Waals surface area (Å²) in [7, 11) is 0. The van der Waals surface area contributed by atoms with E-state index in [1.165, 1.54) is 25.7 Å². The number of hydrogen-bond donors (Lipinski definition) is 1. The van der Waals surface area contributed by atoms with Gasteiger partial charge < -0.3 is 10.6 Å². The van der Waals surface area contributed by atoms with Crippen LogP contribution in [0.5, 0.6) is 0 Å². The van der Waals surface area contributed by atoms with Crippen LogP contribution in [-0.4, -0.2) is 29.9 Å². The third kappa shape index (κ3) is 1.97. The van der Waals surface area contributed by atoms with Gasteiger partial charge in [0.2, 0.25) is 5.91 Å². The molecule has 2 saturated carbocycles. The third-order valence-electron chi connectivity index (χ3n) is 5.45. The summed E-state index contributed by atoms with van der Waals surface area (Å²) in [5.41, 5.74) is 6.29. The predicted molar refractivity (Wildman–Crippen MR) is 71.8 cm³/mol.